The maximum absolute atomic E-state index is 8.72. The van der Waals surface area contributed by atoms with Gasteiger partial charge in [-0.25, -0.2) is 0 Å². The van der Waals surface area contributed by atoms with E-state index in [2.05, 4.69) is 26.1 Å². The molecule has 2 rings (SSSR count). The molecular formula is C13H15BrN2O2. The topological polar surface area (TPSA) is 59.2 Å². The van der Waals surface area contributed by atoms with Crippen molar-refractivity contribution in [1.82, 2.24) is 10.1 Å². The zero-order valence-electron chi connectivity index (χ0n) is 10.2. The van der Waals surface area contributed by atoms with E-state index in [9.17, 15) is 0 Å². The molecule has 0 atom stereocenters. The van der Waals surface area contributed by atoms with Gasteiger partial charge in [0.2, 0.25) is 11.7 Å². The van der Waals surface area contributed by atoms with E-state index in [1.165, 1.54) is 0 Å². The number of aliphatic hydroxyl groups excluding tert-OH is 1. The third-order valence-corrected chi connectivity index (χ3v) is 3.19. The molecule has 0 saturated carbocycles. The van der Waals surface area contributed by atoms with Crippen molar-refractivity contribution < 1.29 is 9.63 Å². The highest BCUT2D eigenvalue weighted by molar-refractivity contribution is 9.10. The molecular weight excluding hydrogens is 296 g/mol. The van der Waals surface area contributed by atoms with Crippen LogP contribution in [0.2, 0.25) is 0 Å². The van der Waals surface area contributed by atoms with Crippen molar-refractivity contribution in [2.45, 2.75) is 26.2 Å². The highest BCUT2D eigenvalue weighted by Gasteiger charge is 2.10. The summed E-state index contributed by atoms with van der Waals surface area (Å²) in [5.41, 5.74) is 2.09. The van der Waals surface area contributed by atoms with Crippen molar-refractivity contribution in [1.29, 1.82) is 0 Å². The Bertz CT molecular complexity index is 525. The van der Waals surface area contributed by atoms with Gasteiger partial charge in [-0.2, -0.15) is 4.98 Å². The normalized spacial score (nSPS) is 10.8. The van der Waals surface area contributed by atoms with E-state index in [-0.39, 0.29) is 6.61 Å². The molecule has 96 valence electrons. The summed E-state index contributed by atoms with van der Waals surface area (Å²) >= 11 is 3.43. The number of aliphatic hydroxyl groups is 1. The first kappa shape index (κ1) is 13.2. The monoisotopic (exact) mass is 310 g/mol. The summed E-state index contributed by atoms with van der Waals surface area (Å²) < 4.78 is 6.23. The lowest BCUT2D eigenvalue weighted by Crippen LogP contribution is -1.89. The third kappa shape index (κ3) is 3.17. The maximum atomic E-state index is 8.72. The van der Waals surface area contributed by atoms with Crippen LogP contribution in [-0.2, 0) is 6.42 Å². The van der Waals surface area contributed by atoms with Crippen LogP contribution in [0.15, 0.2) is 27.2 Å². The predicted molar refractivity (Wildman–Crippen MR) is 72.2 cm³/mol. The van der Waals surface area contributed by atoms with Crippen LogP contribution in [0.25, 0.3) is 11.4 Å². The number of aromatic nitrogens is 2. The zero-order chi connectivity index (χ0) is 13.0. The van der Waals surface area contributed by atoms with E-state index in [1.807, 2.05) is 25.1 Å². The second-order valence-electron chi connectivity index (χ2n) is 4.15. The first-order chi connectivity index (χ1) is 8.70. The molecule has 0 bridgehead atoms. The molecule has 0 aliphatic carbocycles. The number of benzene rings is 1. The minimum atomic E-state index is 0.201. The van der Waals surface area contributed by atoms with Crippen molar-refractivity contribution >= 4 is 15.9 Å². The van der Waals surface area contributed by atoms with E-state index in [0.29, 0.717) is 18.1 Å². The minimum Gasteiger partial charge on any atom is -0.396 e. The summed E-state index contributed by atoms with van der Waals surface area (Å²) in [6.45, 7) is 2.22. The maximum Gasteiger partial charge on any atom is 0.226 e. The van der Waals surface area contributed by atoms with Gasteiger partial charge in [0.1, 0.15) is 0 Å². The van der Waals surface area contributed by atoms with Crippen LogP contribution in [0.5, 0.6) is 0 Å². The summed E-state index contributed by atoms with van der Waals surface area (Å²) in [6.07, 6.45) is 2.33. The molecule has 1 N–H and O–H groups in total. The highest BCUT2D eigenvalue weighted by Crippen LogP contribution is 2.24. The van der Waals surface area contributed by atoms with Crippen LogP contribution in [0.3, 0.4) is 0 Å². The Morgan fingerprint density at radius 2 is 2.17 bits per heavy atom. The highest BCUT2D eigenvalue weighted by atomic mass is 79.9. The van der Waals surface area contributed by atoms with Crippen LogP contribution in [0.1, 0.15) is 24.3 Å². The molecule has 1 aromatic heterocycles. The van der Waals surface area contributed by atoms with Crippen molar-refractivity contribution in [3.05, 3.63) is 34.1 Å². The van der Waals surface area contributed by atoms with E-state index < -0.39 is 0 Å². The summed E-state index contributed by atoms with van der Waals surface area (Å²) in [7, 11) is 0. The van der Waals surface area contributed by atoms with Gasteiger partial charge in [0.15, 0.2) is 0 Å². The first-order valence-electron chi connectivity index (χ1n) is 5.90. The molecule has 0 spiro atoms. The fourth-order valence-electron chi connectivity index (χ4n) is 1.73. The fourth-order valence-corrected chi connectivity index (χ4v) is 2.21. The van der Waals surface area contributed by atoms with Crippen LogP contribution in [-0.4, -0.2) is 21.9 Å². The number of aryl methyl sites for hydroxylation is 2. The predicted octanol–water partition coefficient (Wildman–Crippen LogP) is 3.12. The largest absolute Gasteiger partial charge is 0.396 e. The van der Waals surface area contributed by atoms with Gasteiger partial charge in [-0.3, -0.25) is 0 Å². The van der Waals surface area contributed by atoms with Gasteiger partial charge in [-0.15, -0.1) is 0 Å². The van der Waals surface area contributed by atoms with Crippen LogP contribution < -0.4 is 0 Å². The van der Waals surface area contributed by atoms with E-state index in [1.54, 1.807) is 0 Å². The second-order valence-corrected chi connectivity index (χ2v) is 5.07. The lowest BCUT2D eigenvalue weighted by Gasteiger charge is -2.00. The molecule has 1 aromatic carbocycles. The molecule has 0 amide bonds. The summed E-state index contributed by atoms with van der Waals surface area (Å²) in [5, 5.41) is 12.7. The summed E-state index contributed by atoms with van der Waals surface area (Å²) in [4.78, 5) is 4.37. The Balaban J connectivity index is 2.13. The van der Waals surface area contributed by atoms with Gasteiger partial charge in [0, 0.05) is 23.1 Å². The molecule has 0 fully saturated rings. The number of hydrogen-bond donors (Lipinski definition) is 1. The molecule has 1 heterocycles. The standard InChI is InChI=1S/C13H15BrN2O2/c1-9-8-10(14)5-6-11(9)13-15-12(18-16-13)4-2-3-7-17/h5-6,8,17H,2-4,7H2,1H3. The van der Waals surface area contributed by atoms with Gasteiger partial charge in [0.25, 0.3) is 0 Å². The smallest absolute Gasteiger partial charge is 0.226 e. The van der Waals surface area contributed by atoms with Gasteiger partial charge in [-0.05, 0) is 43.5 Å². The van der Waals surface area contributed by atoms with Crippen molar-refractivity contribution in [2.24, 2.45) is 0 Å². The Hall–Kier alpha value is -1.20. The summed E-state index contributed by atoms with van der Waals surface area (Å²) in [6, 6.07) is 5.96. The quantitative estimate of drug-likeness (QED) is 0.862. The van der Waals surface area contributed by atoms with E-state index in [4.69, 9.17) is 9.63 Å². The third-order valence-electron chi connectivity index (χ3n) is 2.70. The Labute approximate surface area is 114 Å². The van der Waals surface area contributed by atoms with E-state index >= 15 is 0 Å². The number of nitrogens with zero attached hydrogens (tertiary/aromatic N) is 2. The average Bonchev–Trinajstić information content (AvgIpc) is 2.78. The van der Waals surface area contributed by atoms with Gasteiger partial charge in [0.05, 0.1) is 0 Å². The van der Waals surface area contributed by atoms with Gasteiger partial charge >= 0.3 is 0 Å². The fraction of sp³-hybridized carbons (Fsp3) is 0.385. The molecule has 4 nitrogen and oxygen atoms in total. The number of unbranched alkanes of at least 4 members (excludes halogenated alkanes) is 1. The number of hydrogen-bond acceptors (Lipinski definition) is 4. The lowest BCUT2D eigenvalue weighted by atomic mass is 10.1. The molecule has 0 saturated heterocycles. The molecule has 2 aromatic rings. The molecule has 18 heavy (non-hydrogen) atoms. The van der Waals surface area contributed by atoms with Crippen LogP contribution >= 0.6 is 15.9 Å². The van der Waals surface area contributed by atoms with Gasteiger partial charge in [-0.1, -0.05) is 21.1 Å². The first-order valence-corrected chi connectivity index (χ1v) is 6.70. The number of rotatable bonds is 5. The zero-order valence-corrected chi connectivity index (χ0v) is 11.8. The Morgan fingerprint density at radius 3 is 2.89 bits per heavy atom. The van der Waals surface area contributed by atoms with Crippen LogP contribution in [0, 0.1) is 6.92 Å². The van der Waals surface area contributed by atoms with Crippen LogP contribution in [0.4, 0.5) is 0 Å². The van der Waals surface area contributed by atoms with E-state index in [0.717, 1.165) is 28.4 Å². The number of halogens is 1. The van der Waals surface area contributed by atoms with Crippen molar-refractivity contribution in [3.8, 4) is 11.4 Å². The van der Waals surface area contributed by atoms with Crippen molar-refractivity contribution in [2.75, 3.05) is 6.61 Å². The van der Waals surface area contributed by atoms with Crippen molar-refractivity contribution in [3.63, 3.8) is 0 Å². The average molecular weight is 311 g/mol. The minimum absolute atomic E-state index is 0.201. The molecule has 0 aliphatic rings. The lowest BCUT2D eigenvalue weighted by molar-refractivity contribution is 0.281. The molecule has 0 aliphatic heterocycles. The Kier molecular flexibility index (Phi) is 4.49. The second kappa shape index (κ2) is 6.11. The molecule has 5 heteroatoms. The molecule has 0 unspecified atom stereocenters. The van der Waals surface area contributed by atoms with Gasteiger partial charge < -0.3 is 9.63 Å². The summed E-state index contributed by atoms with van der Waals surface area (Å²) in [5.74, 6) is 1.25. The molecule has 0 radical (unpaired) electrons. The SMILES string of the molecule is Cc1cc(Br)ccc1-c1noc(CCCCO)n1. The Morgan fingerprint density at radius 1 is 1.33 bits per heavy atom.